The lowest BCUT2D eigenvalue weighted by atomic mass is 10.2. The maximum atomic E-state index is 5.93. The van der Waals surface area contributed by atoms with Crippen LogP contribution in [0.1, 0.15) is 30.8 Å². The number of aromatic nitrogens is 3. The summed E-state index contributed by atoms with van der Waals surface area (Å²) in [5.41, 5.74) is 3.00. The fourth-order valence-corrected chi connectivity index (χ4v) is 1.96. The molecular formula is C15H22N4O. The third-order valence-corrected chi connectivity index (χ3v) is 3.15. The molecule has 2 aromatic rings. The summed E-state index contributed by atoms with van der Waals surface area (Å²) in [7, 11) is 1.91. The summed E-state index contributed by atoms with van der Waals surface area (Å²) in [5.74, 6) is 1.55. The van der Waals surface area contributed by atoms with Gasteiger partial charge in [-0.3, -0.25) is 9.67 Å². The number of rotatable bonds is 5. The van der Waals surface area contributed by atoms with E-state index >= 15 is 0 Å². The molecule has 2 aromatic heterocycles. The van der Waals surface area contributed by atoms with Crippen molar-refractivity contribution in [1.82, 2.24) is 20.1 Å². The topological polar surface area (TPSA) is 52.0 Å². The van der Waals surface area contributed by atoms with E-state index in [-0.39, 0.29) is 0 Å². The molecule has 2 heterocycles. The molecule has 0 amide bonds. The van der Waals surface area contributed by atoms with Crippen molar-refractivity contribution in [2.24, 2.45) is 7.05 Å². The van der Waals surface area contributed by atoms with Crippen LogP contribution in [0.5, 0.6) is 11.5 Å². The average molecular weight is 274 g/mol. The van der Waals surface area contributed by atoms with Gasteiger partial charge in [0.15, 0.2) is 5.75 Å². The number of aryl methyl sites for hydroxylation is 2. The highest BCUT2D eigenvalue weighted by Gasteiger charge is 2.12. The largest absolute Gasteiger partial charge is 0.452 e. The van der Waals surface area contributed by atoms with Gasteiger partial charge in [0, 0.05) is 25.8 Å². The van der Waals surface area contributed by atoms with Gasteiger partial charge in [0.1, 0.15) is 11.4 Å². The van der Waals surface area contributed by atoms with E-state index in [2.05, 4.69) is 29.2 Å². The van der Waals surface area contributed by atoms with Crippen molar-refractivity contribution in [1.29, 1.82) is 0 Å². The summed E-state index contributed by atoms with van der Waals surface area (Å²) >= 11 is 0. The van der Waals surface area contributed by atoms with Gasteiger partial charge >= 0.3 is 0 Å². The summed E-state index contributed by atoms with van der Waals surface area (Å²) in [4.78, 5) is 4.23. The molecule has 0 saturated heterocycles. The zero-order valence-corrected chi connectivity index (χ0v) is 12.8. The summed E-state index contributed by atoms with van der Waals surface area (Å²) in [6, 6.07) is 2.45. The molecule has 20 heavy (non-hydrogen) atoms. The normalized spacial score (nSPS) is 11.1. The number of hydrogen-bond donors (Lipinski definition) is 1. The van der Waals surface area contributed by atoms with Crippen LogP contribution in [0, 0.1) is 13.8 Å². The van der Waals surface area contributed by atoms with Crippen molar-refractivity contribution in [2.75, 3.05) is 0 Å². The highest BCUT2D eigenvalue weighted by atomic mass is 16.5. The van der Waals surface area contributed by atoms with Crippen LogP contribution in [0.2, 0.25) is 0 Å². The summed E-state index contributed by atoms with van der Waals surface area (Å²) in [6.07, 6.45) is 3.58. The van der Waals surface area contributed by atoms with Crippen LogP contribution in [0.3, 0.4) is 0 Å². The van der Waals surface area contributed by atoms with Crippen LogP contribution in [0.4, 0.5) is 0 Å². The van der Waals surface area contributed by atoms with E-state index in [1.54, 1.807) is 6.20 Å². The first kappa shape index (κ1) is 14.5. The fraction of sp³-hybridized carbons (Fsp3) is 0.467. The Bertz CT molecular complexity index is 590. The van der Waals surface area contributed by atoms with Crippen LogP contribution < -0.4 is 10.1 Å². The van der Waals surface area contributed by atoms with Crippen molar-refractivity contribution < 1.29 is 4.74 Å². The second-order valence-corrected chi connectivity index (χ2v) is 5.29. The highest BCUT2D eigenvalue weighted by molar-refractivity contribution is 5.37. The number of pyridine rings is 1. The maximum Gasteiger partial charge on any atom is 0.171 e. The van der Waals surface area contributed by atoms with Crippen LogP contribution in [-0.4, -0.2) is 20.8 Å². The zero-order valence-electron chi connectivity index (χ0n) is 12.8. The third-order valence-electron chi connectivity index (χ3n) is 3.15. The van der Waals surface area contributed by atoms with Crippen LogP contribution >= 0.6 is 0 Å². The molecule has 0 spiro atoms. The molecule has 0 aliphatic heterocycles. The molecule has 0 saturated carbocycles. The molecule has 0 aliphatic rings. The Labute approximate surface area is 120 Å². The van der Waals surface area contributed by atoms with E-state index < -0.39 is 0 Å². The summed E-state index contributed by atoms with van der Waals surface area (Å²) < 4.78 is 7.76. The SMILES string of the molecule is Cc1nn(C)c(C)c1Oc1cncc(CNC(C)C)c1. The number of ether oxygens (including phenoxy) is 1. The van der Waals surface area contributed by atoms with Gasteiger partial charge in [-0.1, -0.05) is 13.8 Å². The predicted octanol–water partition coefficient (Wildman–Crippen LogP) is 2.72. The molecular weight excluding hydrogens is 252 g/mol. The Hall–Kier alpha value is -1.88. The van der Waals surface area contributed by atoms with Crippen LogP contribution in [0.25, 0.3) is 0 Å². The maximum absolute atomic E-state index is 5.93. The van der Waals surface area contributed by atoms with Gasteiger partial charge in [-0.25, -0.2) is 0 Å². The van der Waals surface area contributed by atoms with Gasteiger partial charge in [-0.05, 0) is 25.5 Å². The van der Waals surface area contributed by atoms with E-state index in [1.807, 2.05) is 37.8 Å². The molecule has 0 atom stereocenters. The van der Waals surface area contributed by atoms with Crippen LogP contribution in [0.15, 0.2) is 18.5 Å². The zero-order chi connectivity index (χ0) is 14.7. The fourth-order valence-electron chi connectivity index (χ4n) is 1.96. The molecule has 0 aliphatic carbocycles. The second-order valence-electron chi connectivity index (χ2n) is 5.29. The first-order valence-electron chi connectivity index (χ1n) is 6.82. The van der Waals surface area contributed by atoms with Gasteiger partial charge < -0.3 is 10.1 Å². The van der Waals surface area contributed by atoms with Crippen molar-refractivity contribution >= 4 is 0 Å². The van der Waals surface area contributed by atoms with Crippen molar-refractivity contribution in [2.45, 2.75) is 40.3 Å². The Kier molecular flexibility index (Phi) is 4.39. The second kappa shape index (κ2) is 6.05. The Morgan fingerprint density at radius 2 is 2.05 bits per heavy atom. The molecule has 0 aromatic carbocycles. The van der Waals surface area contributed by atoms with E-state index in [0.717, 1.165) is 35.0 Å². The van der Waals surface area contributed by atoms with Crippen molar-refractivity contribution in [3.8, 4) is 11.5 Å². The number of nitrogens with zero attached hydrogens (tertiary/aromatic N) is 3. The minimum Gasteiger partial charge on any atom is -0.452 e. The monoisotopic (exact) mass is 274 g/mol. The van der Waals surface area contributed by atoms with Gasteiger partial charge in [0.05, 0.1) is 11.9 Å². The summed E-state index contributed by atoms with van der Waals surface area (Å²) in [6.45, 7) is 8.96. The average Bonchev–Trinajstić information content (AvgIpc) is 2.64. The van der Waals surface area contributed by atoms with Gasteiger partial charge in [0.2, 0.25) is 0 Å². The minimum absolute atomic E-state index is 0.447. The lowest BCUT2D eigenvalue weighted by Crippen LogP contribution is -2.21. The van der Waals surface area contributed by atoms with E-state index in [4.69, 9.17) is 4.74 Å². The van der Waals surface area contributed by atoms with Crippen molar-refractivity contribution in [3.63, 3.8) is 0 Å². The Balaban J connectivity index is 2.15. The lowest BCUT2D eigenvalue weighted by Gasteiger charge is -2.10. The quantitative estimate of drug-likeness (QED) is 0.911. The smallest absolute Gasteiger partial charge is 0.171 e. The Morgan fingerprint density at radius 3 is 2.65 bits per heavy atom. The van der Waals surface area contributed by atoms with E-state index in [9.17, 15) is 0 Å². The number of hydrogen-bond acceptors (Lipinski definition) is 4. The Morgan fingerprint density at radius 1 is 1.30 bits per heavy atom. The first-order valence-corrected chi connectivity index (χ1v) is 6.82. The molecule has 0 unspecified atom stereocenters. The number of nitrogens with one attached hydrogen (secondary N) is 1. The van der Waals surface area contributed by atoms with Gasteiger partial charge in [-0.2, -0.15) is 5.10 Å². The molecule has 0 fully saturated rings. The minimum atomic E-state index is 0.447. The molecule has 108 valence electrons. The molecule has 1 N–H and O–H groups in total. The first-order chi connectivity index (χ1) is 9.47. The standard InChI is InChI=1S/C15H22N4O/c1-10(2)17-8-13-6-14(9-16-7-13)20-15-11(3)18-19(5)12(15)4/h6-7,9-10,17H,8H2,1-5H3. The van der Waals surface area contributed by atoms with Crippen molar-refractivity contribution in [3.05, 3.63) is 35.4 Å². The molecule has 2 rings (SSSR count). The highest BCUT2D eigenvalue weighted by Crippen LogP contribution is 2.27. The van der Waals surface area contributed by atoms with E-state index in [0.29, 0.717) is 6.04 Å². The van der Waals surface area contributed by atoms with Gasteiger partial charge in [0.25, 0.3) is 0 Å². The van der Waals surface area contributed by atoms with E-state index in [1.165, 1.54) is 0 Å². The molecule has 5 nitrogen and oxygen atoms in total. The van der Waals surface area contributed by atoms with Gasteiger partial charge in [-0.15, -0.1) is 0 Å². The third kappa shape index (κ3) is 3.36. The van der Waals surface area contributed by atoms with Crippen LogP contribution in [-0.2, 0) is 13.6 Å². The predicted molar refractivity (Wildman–Crippen MR) is 79.0 cm³/mol. The lowest BCUT2D eigenvalue weighted by molar-refractivity contribution is 0.470. The molecule has 5 heteroatoms. The summed E-state index contributed by atoms with van der Waals surface area (Å²) in [5, 5.41) is 7.72. The molecule has 0 bridgehead atoms. The molecule has 0 radical (unpaired) electrons.